The first-order valence-electron chi connectivity index (χ1n) is 9.33. The lowest BCUT2D eigenvalue weighted by molar-refractivity contribution is -0.130. The van der Waals surface area contributed by atoms with Gasteiger partial charge in [-0.3, -0.25) is 9.59 Å². The van der Waals surface area contributed by atoms with Gasteiger partial charge in [0.2, 0.25) is 11.8 Å². The Balaban J connectivity index is 1.35. The molecule has 2 aliphatic rings. The van der Waals surface area contributed by atoms with E-state index < -0.39 is 0 Å². The average molecular weight is 373 g/mol. The van der Waals surface area contributed by atoms with Crippen molar-refractivity contribution < 1.29 is 18.6 Å². The van der Waals surface area contributed by atoms with Gasteiger partial charge in [-0.15, -0.1) is 0 Å². The summed E-state index contributed by atoms with van der Waals surface area (Å²) in [6, 6.07) is 1.61. The minimum Gasteiger partial charge on any atom is -0.361 e. The van der Waals surface area contributed by atoms with Crippen molar-refractivity contribution >= 4 is 11.8 Å². The zero-order chi connectivity index (χ0) is 19.0. The third-order valence-corrected chi connectivity index (χ3v) is 5.13. The van der Waals surface area contributed by atoms with Crippen molar-refractivity contribution in [1.29, 1.82) is 0 Å². The van der Waals surface area contributed by atoms with Crippen LogP contribution in [0, 0.1) is 6.92 Å². The number of carbonyl (C=O) groups is 2. The van der Waals surface area contributed by atoms with Crippen LogP contribution in [0.5, 0.6) is 0 Å². The number of likely N-dealkylation sites (tertiary alicyclic amines) is 1. The molecule has 9 nitrogen and oxygen atoms in total. The van der Waals surface area contributed by atoms with Crippen LogP contribution in [0.25, 0.3) is 0 Å². The van der Waals surface area contributed by atoms with E-state index in [1.807, 2.05) is 0 Å². The highest BCUT2D eigenvalue weighted by Crippen LogP contribution is 2.38. The molecule has 2 aromatic rings. The molecule has 1 unspecified atom stereocenters. The maximum atomic E-state index is 12.5. The van der Waals surface area contributed by atoms with Gasteiger partial charge in [0.05, 0.1) is 6.04 Å². The molecule has 4 rings (SSSR count). The van der Waals surface area contributed by atoms with Gasteiger partial charge in [0, 0.05) is 45.0 Å². The first-order valence-corrected chi connectivity index (χ1v) is 9.33. The summed E-state index contributed by atoms with van der Waals surface area (Å²) in [5.74, 6) is 2.18. The molecular weight excluding hydrogens is 350 g/mol. The summed E-state index contributed by atoms with van der Waals surface area (Å²) in [6.45, 7) is 4.89. The van der Waals surface area contributed by atoms with Gasteiger partial charge < -0.3 is 18.8 Å². The molecule has 27 heavy (non-hydrogen) atoms. The highest BCUT2D eigenvalue weighted by Gasteiger charge is 2.33. The minimum absolute atomic E-state index is 0.0162. The number of hydrogen-bond acceptors (Lipinski definition) is 7. The van der Waals surface area contributed by atoms with Crippen LogP contribution in [0.2, 0.25) is 0 Å². The molecule has 0 aromatic carbocycles. The molecule has 1 saturated heterocycles. The molecule has 3 heterocycles. The standard InChI is InChI=1S/C18H23N5O4/c1-11-9-15(20-26-11)18(25)22-7-5-14(10-22)23(12(2)24)8-6-16-19-17(27-21-16)13-3-4-13/h9,13-14H,3-8,10H2,1-2H3. The van der Waals surface area contributed by atoms with Crippen molar-refractivity contribution in [1.82, 2.24) is 25.1 Å². The Morgan fingerprint density at radius 3 is 2.74 bits per heavy atom. The molecule has 144 valence electrons. The lowest BCUT2D eigenvalue weighted by Crippen LogP contribution is -2.42. The Bertz CT molecular complexity index is 840. The first-order chi connectivity index (χ1) is 13.0. The zero-order valence-electron chi connectivity index (χ0n) is 15.6. The van der Waals surface area contributed by atoms with Crippen molar-refractivity contribution in [2.75, 3.05) is 19.6 Å². The molecule has 2 amide bonds. The molecule has 1 saturated carbocycles. The van der Waals surface area contributed by atoms with Crippen LogP contribution < -0.4 is 0 Å². The van der Waals surface area contributed by atoms with Crippen LogP contribution in [-0.4, -0.2) is 62.6 Å². The summed E-state index contributed by atoms with van der Waals surface area (Å²) in [5.41, 5.74) is 0.307. The predicted octanol–water partition coefficient (Wildman–Crippen LogP) is 1.55. The van der Waals surface area contributed by atoms with E-state index in [1.54, 1.807) is 29.7 Å². The molecule has 0 bridgehead atoms. The second-order valence-corrected chi connectivity index (χ2v) is 7.30. The number of hydrogen-bond donors (Lipinski definition) is 0. The second kappa shape index (κ2) is 7.13. The van der Waals surface area contributed by atoms with Crippen molar-refractivity contribution in [2.24, 2.45) is 0 Å². The largest absolute Gasteiger partial charge is 0.361 e. The van der Waals surface area contributed by atoms with Gasteiger partial charge >= 0.3 is 0 Å². The van der Waals surface area contributed by atoms with Crippen molar-refractivity contribution in [3.05, 3.63) is 29.2 Å². The van der Waals surface area contributed by atoms with E-state index in [-0.39, 0.29) is 17.9 Å². The molecule has 0 radical (unpaired) electrons. The quantitative estimate of drug-likeness (QED) is 0.756. The summed E-state index contributed by atoms with van der Waals surface area (Å²) in [4.78, 5) is 32.6. The van der Waals surface area contributed by atoms with Crippen LogP contribution in [0.3, 0.4) is 0 Å². The Morgan fingerprint density at radius 2 is 2.07 bits per heavy atom. The third kappa shape index (κ3) is 3.86. The van der Waals surface area contributed by atoms with Crippen molar-refractivity contribution in [2.45, 2.75) is 51.5 Å². The fourth-order valence-electron chi connectivity index (χ4n) is 3.49. The van der Waals surface area contributed by atoms with Gasteiger partial charge in [-0.25, -0.2) is 0 Å². The Morgan fingerprint density at radius 1 is 1.26 bits per heavy atom. The molecule has 1 atom stereocenters. The van der Waals surface area contributed by atoms with E-state index in [0.29, 0.717) is 55.1 Å². The number of carbonyl (C=O) groups excluding carboxylic acids is 2. The van der Waals surface area contributed by atoms with Gasteiger partial charge in [-0.05, 0) is 26.2 Å². The molecule has 9 heteroatoms. The van der Waals surface area contributed by atoms with Gasteiger partial charge in [-0.1, -0.05) is 10.3 Å². The highest BCUT2D eigenvalue weighted by molar-refractivity contribution is 5.92. The zero-order valence-corrected chi connectivity index (χ0v) is 15.6. The van der Waals surface area contributed by atoms with E-state index in [9.17, 15) is 9.59 Å². The third-order valence-electron chi connectivity index (χ3n) is 5.13. The van der Waals surface area contributed by atoms with Gasteiger partial charge in [0.15, 0.2) is 11.5 Å². The first kappa shape index (κ1) is 17.7. The highest BCUT2D eigenvalue weighted by atomic mass is 16.5. The Kier molecular flexibility index (Phi) is 4.67. The lowest BCUT2D eigenvalue weighted by atomic mass is 10.2. The Labute approximate surface area is 156 Å². The van der Waals surface area contributed by atoms with Crippen LogP contribution in [0.15, 0.2) is 15.1 Å². The summed E-state index contributed by atoms with van der Waals surface area (Å²) in [7, 11) is 0. The smallest absolute Gasteiger partial charge is 0.276 e. The molecule has 1 aliphatic carbocycles. The van der Waals surface area contributed by atoms with E-state index in [1.165, 1.54) is 0 Å². The number of nitrogens with zero attached hydrogens (tertiary/aromatic N) is 5. The molecule has 0 spiro atoms. The fraction of sp³-hybridized carbons (Fsp3) is 0.611. The van der Waals surface area contributed by atoms with Crippen molar-refractivity contribution in [3.8, 4) is 0 Å². The Hall–Kier alpha value is -2.71. The fourth-order valence-corrected chi connectivity index (χ4v) is 3.49. The van der Waals surface area contributed by atoms with Crippen molar-refractivity contribution in [3.63, 3.8) is 0 Å². The topological polar surface area (TPSA) is 106 Å². The summed E-state index contributed by atoms with van der Waals surface area (Å²) in [5, 5.41) is 7.80. The van der Waals surface area contributed by atoms with Gasteiger partial charge in [-0.2, -0.15) is 4.98 Å². The molecule has 2 fully saturated rings. The minimum atomic E-state index is -0.162. The summed E-state index contributed by atoms with van der Waals surface area (Å²) >= 11 is 0. The SMILES string of the molecule is CC(=O)N(CCc1noc(C2CC2)n1)C1CCN(C(=O)c2cc(C)on2)C1. The number of aryl methyl sites for hydroxylation is 1. The molecule has 0 N–H and O–H groups in total. The second-order valence-electron chi connectivity index (χ2n) is 7.30. The van der Waals surface area contributed by atoms with Crippen LogP contribution >= 0.6 is 0 Å². The predicted molar refractivity (Wildman–Crippen MR) is 92.9 cm³/mol. The summed E-state index contributed by atoms with van der Waals surface area (Å²) in [6.07, 6.45) is 3.50. The lowest BCUT2D eigenvalue weighted by Gasteiger charge is -2.27. The molecule has 2 aromatic heterocycles. The molecular formula is C18H23N5O4. The van der Waals surface area contributed by atoms with E-state index in [2.05, 4.69) is 15.3 Å². The van der Waals surface area contributed by atoms with Crippen LogP contribution in [-0.2, 0) is 11.2 Å². The summed E-state index contributed by atoms with van der Waals surface area (Å²) < 4.78 is 10.3. The monoisotopic (exact) mass is 373 g/mol. The van der Waals surface area contributed by atoms with E-state index in [0.717, 1.165) is 19.3 Å². The average Bonchev–Trinajstić information content (AvgIpc) is 3.03. The normalized spacial score (nSPS) is 19.5. The van der Waals surface area contributed by atoms with E-state index in [4.69, 9.17) is 9.05 Å². The van der Waals surface area contributed by atoms with Gasteiger partial charge in [0.25, 0.3) is 5.91 Å². The number of amides is 2. The van der Waals surface area contributed by atoms with Crippen LogP contribution in [0.1, 0.15) is 60.1 Å². The maximum absolute atomic E-state index is 12.5. The van der Waals surface area contributed by atoms with Gasteiger partial charge in [0.1, 0.15) is 5.76 Å². The van der Waals surface area contributed by atoms with Crippen LogP contribution in [0.4, 0.5) is 0 Å². The number of rotatable bonds is 6. The maximum Gasteiger partial charge on any atom is 0.276 e. The number of aromatic nitrogens is 3. The van der Waals surface area contributed by atoms with E-state index >= 15 is 0 Å². The molecule has 1 aliphatic heterocycles.